The highest BCUT2D eigenvalue weighted by Crippen LogP contribution is 2.32. The van der Waals surface area contributed by atoms with Gasteiger partial charge in [-0.15, -0.1) is 0 Å². The minimum absolute atomic E-state index is 0.0285. The summed E-state index contributed by atoms with van der Waals surface area (Å²) in [6, 6.07) is 4.07. The van der Waals surface area contributed by atoms with E-state index in [1.54, 1.807) is 0 Å². The lowest BCUT2D eigenvalue weighted by Crippen LogP contribution is -2.46. The molecule has 2 saturated heterocycles. The van der Waals surface area contributed by atoms with Gasteiger partial charge in [0.2, 0.25) is 0 Å². The molecule has 1 aromatic rings. The van der Waals surface area contributed by atoms with E-state index in [4.69, 9.17) is 13.9 Å². The maximum atomic E-state index is 12.8. The fourth-order valence-corrected chi connectivity index (χ4v) is 3.25. The van der Waals surface area contributed by atoms with Crippen LogP contribution >= 0.6 is 0 Å². The van der Waals surface area contributed by atoms with Crippen molar-refractivity contribution >= 4 is 5.91 Å². The molecule has 0 aliphatic carbocycles. The number of nitrogens with zero attached hydrogens (tertiary/aromatic N) is 1. The van der Waals surface area contributed by atoms with Crippen LogP contribution in [0, 0.1) is 0 Å². The van der Waals surface area contributed by atoms with Crippen LogP contribution in [-0.2, 0) is 20.7 Å². The van der Waals surface area contributed by atoms with Crippen molar-refractivity contribution in [3.05, 3.63) is 23.7 Å². The van der Waals surface area contributed by atoms with Crippen molar-refractivity contribution in [3.63, 3.8) is 0 Å². The van der Waals surface area contributed by atoms with E-state index in [0.29, 0.717) is 19.8 Å². The maximum absolute atomic E-state index is 12.8. The molecular formula is C17H25NO4. The van der Waals surface area contributed by atoms with Crippen molar-refractivity contribution in [3.8, 4) is 0 Å². The minimum Gasteiger partial charge on any atom is -0.464 e. The molecule has 2 aliphatic heterocycles. The van der Waals surface area contributed by atoms with Crippen LogP contribution < -0.4 is 0 Å². The third kappa shape index (κ3) is 3.36. The van der Waals surface area contributed by atoms with Gasteiger partial charge in [0.25, 0.3) is 5.91 Å². The van der Waals surface area contributed by atoms with Gasteiger partial charge in [0.15, 0.2) is 6.10 Å². The Morgan fingerprint density at radius 2 is 2.18 bits per heavy atom. The summed E-state index contributed by atoms with van der Waals surface area (Å²) >= 11 is 0. The summed E-state index contributed by atoms with van der Waals surface area (Å²) in [6.45, 7) is 4.28. The number of hydrogen-bond donors (Lipinski definition) is 0. The molecule has 2 fully saturated rings. The monoisotopic (exact) mass is 307 g/mol. The summed E-state index contributed by atoms with van der Waals surface area (Å²) in [5.41, 5.74) is 0. The number of carbonyl (C=O) groups excluding carboxylic acids is 1. The highest BCUT2D eigenvalue weighted by atomic mass is 16.6. The number of furan rings is 1. The number of likely N-dealkylation sites (tertiary alicyclic amines) is 1. The van der Waals surface area contributed by atoms with Crippen molar-refractivity contribution in [2.45, 2.75) is 51.2 Å². The first-order chi connectivity index (χ1) is 10.8. The quantitative estimate of drug-likeness (QED) is 0.861. The van der Waals surface area contributed by atoms with Gasteiger partial charge in [-0.1, -0.05) is 19.8 Å². The Kier molecular flexibility index (Phi) is 5.16. The summed E-state index contributed by atoms with van der Waals surface area (Å²) in [7, 11) is 0. The lowest BCUT2D eigenvalue weighted by molar-refractivity contribution is -0.160. The van der Waals surface area contributed by atoms with Crippen molar-refractivity contribution < 1.29 is 18.7 Å². The van der Waals surface area contributed by atoms with E-state index >= 15 is 0 Å². The summed E-state index contributed by atoms with van der Waals surface area (Å²) < 4.78 is 16.9. The molecule has 22 heavy (non-hydrogen) atoms. The van der Waals surface area contributed by atoms with E-state index < -0.39 is 6.10 Å². The van der Waals surface area contributed by atoms with Crippen molar-refractivity contribution in [1.82, 2.24) is 4.90 Å². The second-order valence-corrected chi connectivity index (χ2v) is 5.99. The van der Waals surface area contributed by atoms with Crippen LogP contribution in [0.3, 0.4) is 0 Å². The van der Waals surface area contributed by atoms with Gasteiger partial charge in [-0.2, -0.15) is 0 Å². The lowest BCUT2D eigenvalue weighted by Gasteiger charge is -2.33. The van der Waals surface area contributed by atoms with Crippen LogP contribution in [0.1, 0.15) is 50.2 Å². The van der Waals surface area contributed by atoms with Gasteiger partial charge < -0.3 is 18.8 Å². The molecular weight excluding hydrogens is 282 g/mol. The average Bonchev–Trinajstić information content (AvgIpc) is 2.92. The minimum atomic E-state index is -0.463. The number of amides is 1. The van der Waals surface area contributed by atoms with Crippen molar-refractivity contribution in [2.75, 3.05) is 26.4 Å². The molecule has 5 nitrogen and oxygen atoms in total. The van der Waals surface area contributed by atoms with Crippen LogP contribution in [0.4, 0.5) is 0 Å². The molecule has 1 aromatic heterocycles. The predicted molar refractivity (Wildman–Crippen MR) is 81.6 cm³/mol. The Morgan fingerprint density at radius 1 is 1.27 bits per heavy atom. The summed E-state index contributed by atoms with van der Waals surface area (Å²) in [5.74, 6) is 1.92. The SMILES string of the molecule is CCc1ccc([C@@H]2CCCCCN2C(=O)[C@@H]2COCCO2)o1. The van der Waals surface area contributed by atoms with Gasteiger partial charge in [0.1, 0.15) is 11.5 Å². The molecule has 3 heterocycles. The maximum Gasteiger partial charge on any atom is 0.254 e. The summed E-state index contributed by atoms with van der Waals surface area (Å²) in [5, 5.41) is 0. The van der Waals surface area contributed by atoms with Crippen molar-refractivity contribution in [1.29, 1.82) is 0 Å². The molecule has 0 saturated carbocycles. The van der Waals surface area contributed by atoms with Crippen LogP contribution in [0.25, 0.3) is 0 Å². The highest BCUT2D eigenvalue weighted by Gasteiger charge is 2.34. The third-order valence-corrected chi connectivity index (χ3v) is 4.49. The van der Waals surface area contributed by atoms with Crippen LogP contribution in [0.15, 0.2) is 16.5 Å². The predicted octanol–water partition coefficient (Wildman–Crippen LogP) is 2.70. The molecule has 0 aromatic carbocycles. The number of hydrogen-bond acceptors (Lipinski definition) is 4. The Balaban J connectivity index is 1.79. The smallest absolute Gasteiger partial charge is 0.254 e. The standard InChI is InChI=1S/C17H25NO4/c1-2-13-7-8-15(22-13)14-6-4-3-5-9-18(14)17(19)16-12-20-10-11-21-16/h7-8,14,16H,2-6,9-12H2,1H3/t14-,16-/m0/s1. The van der Waals surface area contributed by atoms with Gasteiger partial charge in [0.05, 0.1) is 25.9 Å². The molecule has 1 amide bonds. The first-order valence-corrected chi connectivity index (χ1v) is 8.38. The molecule has 5 heteroatoms. The zero-order valence-electron chi connectivity index (χ0n) is 13.3. The van der Waals surface area contributed by atoms with E-state index in [1.807, 2.05) is 17.0 Å². The van der Waals surface area contributed by atoms with Gasteiger partial charge in [-0.3, -0.25) is 4.79 Å². The zero-order valence-corrected chi connectivity index (χ0v) is 13.3. The number of ether oxygens (including phenoxy) is 2. The average molecular weight is 307 g/mol. The molecule has 3 rings (SSSR count). The van der Waals surface area contributed by atoms with E-state index in [1.165, 1.54) is 0 Å². The van der Waals surface area contributed by atoms with E-state index in [9.17, 15) is 4.79 Å². The molecule has 0 spiro atoms. The summed E-state index contributed by atoms with van der Waals surface area (Å²) in [6.07, 6.45) is 4.69. The van der Waals surface area contributed by atoms with Gasteiger partial charge in [-0.25, -0.2) is 0 Å². The first kappa shape index (κ1) is 15.6. The Morgan fingerprint density at radius 3 is 2.91 bits per heavy atom. The Labute approximate surface area is 131 Å². The molecule has 2 aliphatic rings. The number of carbonyl (C=O) groups is 1. The zero-order chi connectivity index (χ0) is 15.4. The Hall–Kier alpha value is -1.33. The Bertz CT molecular complexity index is 493. The molecule has 0 radical (unpaired) electrons. The number of aryl methyl sites for hydroxylation is 1. The molecule has 0 unspecified atom stereocenters. The van der Waals surface area contributed by atoms with Gasteiger partial charge in [0, 0.05) is 13.0 Å². The largest absolute Gasteiger partial charge is 0.464 e. The van der Waals surface area contributed by atoms with E-state index in [-0.39, 0.29) is 11.9 Å². The van der Waals surface area contributed by atoms with Crippen LogP contribution in [0.2, 0.25) is 0 Å². The molecule has 122 valence electrons. The van der Waals surface area contributed by atoms with E-state index in [2.05, 4.69) is 6.92 Å². The lowest BCUT2D eigenvalue weighted by atomic mass is 10.1. The van der Waals surface area contributed by atoms with E-state index in [0.717, 1.165) is 50.2 Å². The fraction of sp³-hybridized carbons (Fsp3) is 0.706. The van der Waals surface area contributed by atoms with Crippen LogP contribution in [0.5, 0.6) is 0 Å². The van der Waals surface area contributed by atoms with Crippen LogP contribution in [-0.4, -0.2) is 43.3 Å². The highest BCUT2D eigenvalue weighted by molar-refractivity contribution is 5.81. The molecule has 0 N–H and O–H groups in total. The van der Waals surface area contributed by atoms with Gasteiger partial charge >= 0.3 is 0 Å². The summed E-state index contributed by atoms with van der Waals surface area (Å²) in [4.78, 5) is 14.8. The molecule has 2 atom stereocenters. The topological polar surface area (TPSA) is 51.9 Å². The number of rotatable bonds is 3. The third-order valence-electron chi connectivity index (χ3n) is 4.49. The fourth-order valence-electron chi connectivity index (χ4n) is 3.25. The second-order valence-electron chi connectivity index (χ2n) is 5.99. The first-order valence-electron chi connectivity index (χ1n) is 8.38. The normalized spacial score (nSPS) is 26.7. The van der Waals surface area contributed by atoms with Gasteiger partial charge in [-0.05, 0) is 25.0 Å². The molecule has 0 bridgehead atoms. The second kappa shape index (κ2) is 7.29. The van der Waals surface area contributed by atoms with Crippen molar-refractivity contribution in [2.24, 2.45) is 0 Å².